The SMILES string of the molecule is COC(C)/C(=C/C(=O)C(C)C)[O][Al]. The molecule has 0 saturated carbocycles. The Hall–Kier alpha value is -0.298. The van der Waals surface area contributed by atoms with E-state index in [-0.39, 0.29) is 17.8 Å². The average molecular weight is 198 g/mol. The molecule has 1 atom stereocenters. The van der Waals surface area contributed by atoms with Crippen LogP contribution in [0.2, 0.25) is 0 Å². The Labute approximate surface area is 87.9 Å². The summed E-state index contributed by atoms with van der Waals surface area (Å²) in [5.41, 5.74) is 0. The van der Waals surface area contributed by atoms with Gasteiger partial charge in [-0.15, -0.1) is 0 Å². The summed E-state index contributed by atoms with van der Waals surface area (Å²) in [6.45, 7) is 5.51. The molecule has 72 valence electrons. The lowest BCUT2D eigenvalue weighted by Crippen LogP contribution is -2.14. The van der Waals surface area contributed by atoms with Gasteiger partial charge >= 0.3 is 16.6 Å². The molecule has 0 aliphatic heterocycles. The number of hydrogen-bond acceptors (Lipinski definition) is 3. The average Bonchev–Trinajstić information content (AvgIpc) is 2.12. The summed E-state index contributed by atoms with van der Waals surface area (Å²) in [5, 5.41) is 0. The lowest BCUT2D eigenvalue weighted by atomic mass is 10.1. The molecule has 0 saturated heterocycles. The van der Waals surface area contributed by atoms with Crippen molar-refractivity contribution in [3.63, 3.8) is 0 Å². The number of methoxy groups -OCH3 is 1. The molecular formula is C9H15AlO3. The van der Waals surface area contributed by atoms with Crippen LogP contribution in [0, 0.1) is 5.92 Å². The summed E-state index contributed by atoms with van der Waals surface area (Å²) in [6, 6.07) is 0. The van der Waals surface area contributed by atoms with Gasteiger partial charge in [0.05, 0.1) is 5.76 Å². The fourth-order valence-corrected chi connectivity index (χ4v) is 0.930. The Morgan fingerprint density at radius 3 is 2.23 bits per heavy atom. The molecule has 3 nitrogen and oxygen atoms in total. The number of rotatable bonds is 5. The smallest absolute Gasteiger partial charge is 0.481 e. The second-order valence-corrected chi connectivity index (χ2v) is 3.34. The maximum absolute atomic E-state index is 11.3. The molecule has 0 heterocycles. The monoisotopic (exact) mass is 198 g/mol. The Morgan fingerprint density at radius 2 is 1.92 bits per heavy atom. The van der Waals surface area contributed by atoms with Gasteiger partial charge in [0.1, 0.15) is 6.10 Å². The van der Waals surface area contributed by atoms with Crippen LogP contribution < -0.4 is 0 Å². The maximum atomic E-state index is 11.3. The molecule has 0 rings (SSSR count). The van der Waals surface area contributed by atoms with Crippen molar-refractivity contribution in [1.82, 2.24) is 0 Å². The summed E-state index contributed by atoms with van der Waals surface area (Å²) in [5.74, 6) is 0.562. The van der Waals surface area contributed by atoms with Crippen LogP contribution in [0.15, 0.2) is 11.8 Å². The molecule has 0 spiro atoms. The van der Waals surface area contributed by atoms with Crippen molar-refractivity contribution < 1.29 is 13.3 Å². The van der Waals surface area contributed by atoms with Crippen molar-refractivity contribution in [2.45, 2.75) is 26.9 Å². The predicted molar refractivity (Wildman–Crippen MR) is 51.2 cm³/mol. The van der Waals surface area contributed by atoms with E-state index in [1.807, 2.05) is 20.8 Å². The molecular weight excluding hydrogens is 183 g/mol. The minimum atomic E-state index is -0.194. The van der Waals surface area contributed by atoms with Crippen molar-refractivity contribution in [2.24, 2.45) is 5.92 Å². The first-order valence-electron chi connectivity index (χ1n) is 4.17. The highest BCUT2D eigenvalue weighted by Gasteiger charge is 2.10. The molecule has 0 amide bonds. The van der Waals surface area contributed by atoms with Gasteiger partial charge in [-0.05, 0) is 6.92 Å². The fourth-order valence-electron chi connectivity index (χ4n) is 0.670. The van der Waals surface area contributed by atoms with Crippen molar-refractivity contribution in [3.05, 3.63) is 11.8 Å². The quantitative estimate of drug-likeness (QED) is 0.378. The molecule has 0 aliphatic carbocycles. The normalized spacial score (nSPS) is 14.4. The van der Waals surface area contributed by atoms with Crippen molar-refractivity contribution >= 4 is 22.4 Å². The van der Waals surface area contributed by atoms with Gasteiger partial charge in [-0.25, -0.2) is 0 Å². The molecule has 0 aromatic rings. The first kappa shape index (κ1) is 12.7. The first-order chi connectivity index (χ1) is 6.02. The lowest BCUT2D eigenvalue weighted by Gasteiger charge is -2.15. The number of ketones is 1. The van der Waals surface area contributed by atoms with E-state index in [4.69, 9.17) is 8.53 Å². The summed E-state index contributed by atoms with van der Waals surface area (Å²) in [4.78, 5) is 11.3. The van der Waals surface area contributed by atoms with Crippen LogP contribution in [0.5, 0.6) is 0 Å². The standard InChI is InChI=1S/C9H16O3.Al/c1-6(2)8(10)5-9(11)7(3)12-4;/h5-7,11H,1-4H3;/q;+1/p-1/b9-5-;. The number of allylic oxidation sites excluding steroid dienone is 1. The van der Waals surface area contributed by atoms with E-state index in [1.54, 1.807) is 7.11 Å². The molecule has 0 fully saturated rings. The van der Waals surface area contributed by atoms with Crippen LogP contribution in [-0.4, -0.2) is 35.6 Å². The molecule has 0 aromatic carbocycles. The molecule has 4 heteroatoms. The van der Waals surface area contributed by atoms with E-state index in [9.17, 15) is 4.79 Å². The third-order valence-corrected chi connectivity index (χ3v) is 2.02. The Morgan fingerprint density at radius 1 is 1.38 bits per heavy atom. The van der Waals surface area contributed by atoms with Crippen LogP contribution in [0.25, 0.3) is 0 Å². The van der Waals surface area contributed by atoms with Crippen molar-refractivity contribution in [3.8, 4) is 0 Å². The second-order valence-electron chi connectivity index (χ2n) is 3.10. The summed E-state index contributed by atoms with van der Waals surface area (Å²) in [6.07, 6.45) is 1.28. The molecule has 0 aliphatic rings. The fraction of sp³-hybridized carbons (Fsp3) is 0.667. The summed E-state index contributed by atoms with van der Waals surface area (Å²) >= 11 is 2.11. The maximum Gasteiger partial charge on any atom is 0.481 e. The molecule has 2 radical (unpaired) electrons. The molecule has 13 heavy (non-hydrogen) atoms. The summed E-state index contributed by atoms with van der Waals surface area (Å²) in [7, 11) is 1.57. The van der Waals surface area contributed by atoms with E-state index >= 15 is 0 Å². The number of hydrogen-bond donors (Lipinski definition) is 0. The van der Waals surface area contributed by atoms with Gasteiger partial charge < -0.3 is 8.53 Å². The lowest BCUT2D eigenvalue weighted by molar-refractivity contribution is -0.117. The topological polar surface area (TPSA) is 35.5 Å². The highest BCUT2D eigenvalue weighted by atomic mass is 27.1. The third-order valence-electron chi connectivity index (χ3n) is 1.74. The number of ether oxygens (including phenoxy) is 1. The van der Waals surface area contributed by atoms with Crippen LogP contribution in [0.3, 0.4) is 0 Å². The van der Waals surface area contributed by atoms with E-state index in [0.717, 1.165) is 0 Å². The zero-order chi connectivity index (χ0) is 10.4. The molecule has 1 unspecified atom stereocenters. The van der Waals surface area contributed by atoms with E-state index in [1.165, 1.54) is 6.08 Å². The van der Waals surface area contributed by atoms with Crippen molar-refractivity contribution in [1.29, 1.82) is 0 Å². The highest BCUT2D eigenvalue weighted by molar-refractivity contribution is 5.99. The Bertz CT molecular complexity index is 199. The van der Waals surface area contributed by atoms with Gasteiger partial charge in [-0.1, -0.05) is 13.8 Å². The van der Waals surface area contributed by atoms with Gasteiger partial charge in [-0.3, -0.25) is 4.79 Å². The van der Waals surface area contributed by atoms with Crippen LogP contribution in [0.1, 0.15) is 20.8 Å². The third kappa shape index (κ3) is 4.47. The zero-order valence-corrected chi connectivity index (χ0v) is 9.69. The van der Waals surface area contributed by atoms with Crippen LogP contribution >= 0.6 is 0 Å². The largest absolute Gasteiger partial charge is 0.655 e. The van der Waals surface area contributed by atoms with Gasteiger partial charge in [0, 0.05) is 19.1 Å². The predicted octanol–water partition coefficient (Wildman–Crippen LogP) is 1.23. The van der Waals surface area contributed by atoms with Gasteiger partial charge in [0.15, 0.2) is 5.78 Å². The van der Waals surface area contributed by atoms with E-state index in [0.29, 0.717) is 5.76 Å². The van der Waals surface area contributed by atoms with Gasteiger partial charge in [0.2, 0.25) is 0 Å². The Kier molecular flexibility index (Phi) is 6.06. The first-order valence-corrected chi connectivity index (χ1v) is 4.65. The minimum absolute atomic E-state index is 0.0146. The minimum Gasteiger partial charge on any atom is -0.655 e. The second kappa shape index (κ2) is 6.20. The molecule has 0 N–H and O–H groups in total. The number of carbonyl (C=O) groups is 1. The zero-order valence-electron chi connectivity index (χ0n) is 8.53. The van der Waals surface area contributed by atoms with E-state index < -0.39 is 0 Å². The van der Waals surface area contributed by atoms with E-state index in [2.05, 4.69) is 16.6 Å². The molecule has 0 aromatic heterocycles. The number of carbonyl (C=O) groups excluding carboxylic acids is 1. The van der Waals surface area contributed by atoms with Crippen molar-refractivity contribution in [2.75, 3.05) is 7.11 Å². The summed E-state index contributed by atoms with van der Waals surface area (Å²) < 4.78 is 9.98. The molecule has 0 bridgehead atoms. The van der Waals surface area contributed by atoms with Gasteiger partial charge in [0.25, 0.3) is 0 Å². The van der Waals surface area contributed by atoms with Gasteiger partial charge in [-0.2, -0.15) is 0 Å². The Balaban J connectivity index is 4.47. The highest BCUT2D eigenvalue weighted by Crippen LogP contribution is 2.08. The van der Waals surface area contributed by atoms with Crippen LogP contribution in [0.4, 0.5) is 0 Å². The van der Waals surface area contributed by atoms with Crippen LogP contribution in [-0.2, 0) is 13.3 Å².